The summed E-state index contributed by atoms with van der Waals surface area (Å²) in [5, 5.41) is 9.11. The molecule has 0 amide bonds. The Bertz CT molecular complexity index is 434. The van der Waals surface area contributed by atoms with Gasteiger partial charge in [-0.15, -0.1) is 0 Å². The predicted octanol–water partition coefficient (Wildman–Crippen LogP) is 2.18. The molecule has 0 unspecified atom stereocenters. The third-order valence-electron chi connectivity index (χ3n) is 2.00. The van der Waals surface area contributed by atoms with Gasteiger partial charge in [-0.25, -0.2) is 4.98 Å². The largest absolute Gasteiger partial charge is 0.494 e. The molecular formula is C11H12N2O2. The van der Waals surface area contributed by atoms with Crippen LogP contribution in [0.25, 0.3) is 11.4 Å². The Hall–Kier alpha value is -1.97. The molecule has 15 heavy (non-hydrogen) atoms. The first-order valence-corrected chi connectivity index (χ1v) is 4.77. The van der Waals surface area contributed by atoms with Gasteiger partial charge in [-0.3, -0.25) is 0 Å². The summed E-state index contributed by atoms with van der Waals surface area (Å²) in [6.45, 7) is 2.60. The van der Waals surface area contributed by atoms with E-state index in [1.54, 1.807) is 0 Å². The van der Waals surface area contributed by atoms with Gasteiger partial charge in [0.2, 0.25) is 5.88 Å². The van der Waals surface area contributed by atoms with Crippen molar-refractivity contribution in [1.29, 1.82) is 0 Å². The summed E-state index contributed by atoms with van der Waals surface area (Å²) in [7, 11) is 0. The van der Waals surface area contributed by atoms with Crippen LogP contribution in [0.5, 0.6) is 11.6 Å². The zero-order valence-electron chi connectivity index (χ0n) is 8.40. The number of hydrogen-bond donors (Lipinski definition) is 2. The Morgan fingerprint density at radius 2 is 2.07 bits per heavy atom. The Balaban J connectivity index is 2.23. The van der Waals surface area contributed by atoms with Crippen molar-refractivity contribution in [1.82, 2.24) is 9.97 Å². The average Bonchev–Trinajstić information content (AvgIpc) is 2.67. The maximum absolute atomic E-state index is 9.11. The lowest BCUT2D eigenvalue weighted by molar-refractivity contribution is 0.340. The highest BCUT2D eigenvalue weighted by Gasteiger charge is 2.02. The Labute approximate surface area is 87.6 Å². The lowest BCUT2D eigenvalue weighted by atomic mass is 10.2. The van der Waals surface area contributed by atoms with Crippen LogP contribution in [0.1, 0.15) is 6.92 Å². The molecule has 0 radical (unpaired) electrons. The monoisotopic (exact) mass is 204 g/mol. The van der Waals surface area contributed by atoms with Crippen molar-refractivity contribution >= 4 is 0 Å². The van der Waals surface area contributed by atoms with Crippen LogP contribution in [0.3, 0.4) is 0 Å². The molecule has 0 spiro atoms. The highest BCUT2D eigenvalue weighted by molar-refractivity contribution is 5.56. The third-order valence-corrected chi connectivity index (χ3v) is 2.00. The van der Waals surface area contributed by atoms with Crippen LogP contribution in [0.4, 0.5) is 0 Å². The van der Waals surface area contributed by atoms with Crippen molar-refractivity contribution in [3.05, 3.63) is 30.5 Å². The summed E-state index contributed by atoms with van der Waals surface area (Å²) in [4.78, 5) is 6.76. The van der Waals surface area contributed by atoms with Gasteiger partial charge in [0.1, 0.15) is 11.6 Å². The second kappa shape index (κ2) is 4.04. The number of aromatic hydroxyl groups is 1. The van der Waals surface area contributed by atoms with Gasteiger partial charge in [-0.1, -0.05) is 0 Å². The summed E-state index contributed by atoms with van der Waals surface area (Å²) in [6, 6.07) is 7.53. The summed E-state index contributed by atoms with van der Waals surface area (Å²) in [6.07, 6.45) is 1.38. The molecule has 4 heteroatoms. The number of aromatic amines is 1. The quantitative estimate of drug-likeness (QED) is 0.805. The van der Waals surface area contributed by atoms with Gasteiger partial charge in [-0.05, 0) is 31.2 Å². The number of benzene rings is 1. The van der Waals surface area contributed by atoms with E-state index < -0.39 is 0 Å². The maximum atomic E-state index is 9.11. The minimum atomic E-state index is 0.0684. The van der Waals surface area contributed by atoms with Gasteiger partial charge in [0, 0.05) is 5.56 Å². The fraction of sp³-hybridized carbons (Fsp3) is 0.182. The van der Waals surface area contributed by atoms with E-state index in [1.807, 2.05) is 31.2 Å². The molecule has 2 N–H and O–H groups in total. The van der Waals surface area contributed by atoms with Gasteiger partial charge >= 0.3 is 0 Å². The molecule has 4 nitrogen and oxygen atoms in total. The Morgan fingerprint density at radius 3 is 2.60 bits per heavy atom. The molecule has 1 aromatic carbocycles. The molecule has 0 saturated carbocycles. The van der Waals surface area contributed by atoms with Crippen LogP contribution in [0.2, 0.25) is 0 Å². The smallest absolute Gasteiger partial charge is 0.208 e. The molecular weight excluding hydrogens is 192 g/mol. The maximum Gasteiger partial charge on any atom is 0.208 e. The molecule has 78 valence electrons. The van der Waals surface area contributed by atoms with E-state index in [-0.39, 0.29) is 5.88 Å². The van der Waals surface area contributed by atoms with Crippen molar-refractivity contribution in [3.8, 4) is 23.0 Å². The predicted molar refractivity (Wildman–Crippen MR) is 56.9 cm³/mol. The molecule has 0 bridgehead atoms. The Morgan fingerprint density at radius 1 is 1.33 bits per heavy atom. The normalized spacial score (nSPS) is 10.2. The molecule has 0 atom stereocenters. The van der Waals surface area contributed by atoms with Gasteiger partial charge in [-0.2, -0.15) is 0 Å². The number of rotatable bonds is 3. The second-order valence-electron chi connectivity index (χ2n) is 3.07. The SMILES string of the molecule is CCOc1ccc(-c2ncc(O)[nH]2)cc1. The average molecular weight is 204 g/mol. The standard InChI is InChI=1S/C11H12N2O2/c1-2-15-9-5-3-8(4-6-9)11-12-7-10(14)13-11/h3-7,14H,2H2,1H3,(H,12,13). The van der Waals surface area contributed by atoms with Crippen LogP contribution < -0.4 is 4.74 Å². The molecule has 0 aliphatic carbocycles. The lowest BCUT2D eigenvalue weighted by Gasteiger charge is -2.02. The second-order valence-corrected chi connectivity index (χ2v) is 3.07. The van der Waals surface area contributed by atoms with Gasteiger partial charge < -0.3 is 14.8 Å². The van der Waals surface area contributed by atoms with E-state index in [1.165, 1.54) is 6.20 Å². The van der Waals surface area contributed by atoms with Gasteiger partial charge in [0.05, 0.1) is 12.8 Å². The highest BCUT2D eigenvalue weighted by Crippen LogP contribution is 2.21. The highest BCUT2D eigenvalue weighted by atomic mass is 16.5. The summed E-state index contributed by atoms with van der Waals surface area (Å²) in [5.74, 6) is 1.55. The molecule has 0 fully saturated rings. The van der Waals surface area contributed by atoms with E-state index in [2.05, 4.69) is 9.97 Å². The summed E-state index contributed by atoms with van der Waals surface area (Å²) >= 11 is 0. The van der Waals surface area contributed by atoms with Crippen molar-refractivity contribution in [2.75, 3.05) is 6.61 Å². The number of aromatic nitrogens is 2. The zero-order valence-corrected chi connectivity index (χ0v) is 8.40. The van der Waals surface area contributed by atoms with Crippen LogP contribution >= 0.6 is 0 Å². The summed E-state index contributed by atoms with van der Waals surface area (Å²) < 4.78 is 5.32. The third kappa shape index (κ3) is 2.10. The molecule has 1 aromatic heterocycles. The number of ether oxygens (including phenoxy) is 1. The molecule has 1 heterocycles. The van der Waals surface area contributed by atoms with Crippen LogP contribution in [0.15, 0.2) is 30.5 Å². The van der Waals surface area contributed by atoms with Gasteiger partial charge in [0.25, 0.3) is 0 Å². The number of nitrogens with one attached hydrogen (secondary N) is 1. The van der Waals surface area contributed by atoms with E-state index in [0.29, 0.717) is 12.4 Å². The molecule has 2 rings (SSSR count). The lowest BCUT2D eigenvalue weighted by Crippen LogP contribution is -1.90. The van der Waals surface area contributed by atoms with Crippen LogP contribution in [-0.2, 0) is 0 Å². The van der Waals surface area contributed by atoms with E-state index in [9.17, 15) is 0 Å². The molecule has 0 aliphatic heterocycles. The fourth-order valence-corrected chi connectivity index (χ4v) is 1.33. The van der Waals surface area contributed by atoms with Crippen molar-refractivity contribution in [2.45, 2.75) is 6.92 Å². The molecule has 2 aromatic rings. The number of H-pyrrole nitrogens is 1. The Kier molecular flexibility index (Phi) is 2.58. The first-order valence-electron chi connectivity index (χ1n) is 4.77. The molecule has 0 aliphatic rings. The minimum Gasteiger partial charge on any atom is -0.494 e. The van der Waals surface area contributed by atoms with Crippen LogP contribution in [-0.4, -0.2) is 21.7 Å². The fourth-order valence-electron chi connectivity index (χ4n) is 1.33. The number of hydrogen-bond acceptors (Lipinski definition) is 3. The zero-order chi connectivity index (χ0) is 10.7. The number of imidazole rings is 1. The molecule has 0 saturated heterocycles. The summed E-state index contributed by atoms with van der Waals surface area (Å²) in [5.41, 5.74) is 0.916. The van der Waals surface area contributed by atoms with E-state index in [4.69, 9.17) is 9.84 Å². The first-order chi connectivity index (χ1) is 7.29. The van der Waals surface area contributed by atoms with Crippen molar-refractivity contribution < 1.29 is 9.84 Å². The number of nitrogens with zero attached hydrogens (tertiary/aromatic N) is 1. The van der Waals surface area contributed by atoms with E-state index >= 15 is 0 Å². The van der Waals surface area contributed by atoms with Crippen molar-refractivity contribution in [3.63, 3.8) is 0 Å². The first kappa shape index (κ1) is 9.58. The van der Waals surface area contributed by atoms with E-state index in [0.717, 1.165) is 11.3 Å². The topological polar surface area (TPSA) is 58.1 Å². The van der Waals surface area contributed by atoms with Crippen LogP contribution in [0, 0.1) is 0 Å². The van der Waals surface area contributed by atoms with Gasteiger partial charge in [0.15, 0.2) is 0 Å². The van der Waals surface area contributed by atoms with Crippen molar-refractivity contribution in [2.24, 2.45) is 0 Å². The minimum absolute atomic E-state index is 0.0684.